The number of benzene rings is 1. The van der Waals surface area contributed by atoms with E-state index >= 15 is 0 Å². The Balaban J connectivity index is 1.32. The maximum atomic E-state index is 14.6. The van der Waals surface area contributed by atoms with Crippen molar-refractivity contribution in [2.24, 2.45) is 29.4 Å². The number of ether oxygens (including phenoxy) is 1. The van der Waals surface area contributed by atoms with Crippen LogP contribution in [0.15, 0.2) is 35.1 Å². The normalized spacial score (nSPS) is 35.3. The molecule has 2 saturated heterocycles. The molecule has 5 atom stereocenters. The third-order valence-corrected chi connectivity index (χ3v) is 10.7. The number of nitrogens with zero attached hydrogens (tertiary/aromatic N) is 2. The predicted molar refractivity (Wildman–Crippen MR) is 146 cm³/mol. The highest BCUT2D eigenvalue weighted by atomic mass is 16.6. The van der Waals surface area contributed by atoms with E-state index in [0.29, 0.717) is 18.4 Å². The Labute approximate surface area is 229 Å². The minimum atomic E-state index is -1.29. The molecule has 2 unspecified atom stereocenters. The van der Waals surface area contributed by atoms with Crippen LogP contribution in [-0.4, -0.2) is 76.1 Å². The van der Waals surface area contributed by atoms with Gasteiger partial charge in [-0.1, -0.05) is 25.1 Å². The molecule has 8 nitrogen and oxygen atoms in total. The summed E-state index contributed by atoms with van der Waals surface area (Å²) in [4.78, 5) is 31.6. The minimum Gasteiger partial charge on any atom is -0.510 e. The molecule has 0 bridgehead atoms. The van der Waals surface area contributed by atoms with Crippen LogP contribution in [0, 0.1) is 23.7 Å². The number of aliphatic hydroxyl groups is 2. The summed E-state index contributed by atoms with van der Waals surface area (Å²) in [5, 5.41) is 23.1. The van der Waals surface area contributed by atoms with Crippen LogP contribution in [0.25, 0.3) is 5.76 Å². The number of hydrogen-bond donors (Lipinski definition) is 3. The number of ketones is 1. The molecule has 4 fully saturated rings. The van der Waals surface area contributed by atoms with Gasteiger partial charge in [-0.2, -0.15) is 0 Å². The highest BCUT2D eigenvalue weighted by Gasteiger charge is 2.81. The molecule has 8 heteroatoms. The second kappa shape index (κ2) is 8.41. The van der Waals surface area contributed by atoms with Crippen molar-refractivity contribution >= 4 is 17.4 Å². The zero-order valence-electron chi connectivity index (χ0n) is 23.1. The Morgan fingerprint density at radius 3 is 2.56 bits per heavy atom. The van der Waals surface area contributed by atoms with Crippen molar-refractivity contribution in [2.75, 3.05) is 27.2 Å². The summed E-state index contributed by atoms with van der Waals surface area (Å²) in [7, 11) is 3.69. The summed E-state index contributed by atoms with van der Waals surface area (Å²) < 4.78 is 6.59. The van der Waals surface area contributed by atoms with E-state index in [2.05, 4.69) is 17.9 Å². The number of hydrogen-bond acceptors (Lipinski definition) is 7. The lowest BCUT2D eigenvalue weighted by atomic mass is 9.49. The van der Waals surface area contributed by atoms with E-state index in [9.17, 15) is 19.8 Å². The zero-order chi connectivity index (χ0) is 27.4. The fourth-order valence-corrected chi connectivity index (χ4v) is 8.73. The summed E-state index contributed by atoms with van der Waals surface area (Å²) in [5.41, 5.74) is 7.55. The molecule has 1 aromatic carbocycles. The van der Waals surface area contributed by atoms with Gasteiger partial charge in [-0.25, -0.2) is 0 Å². The van der Waals surface area contributed by atoms with Gasteiger partial charge in [0.25, 0.3) is 0 Å². The molecule has 2 spiro atoms. The van der Waals surface area contributed by atoms with E-state index in [4.69, 9.17) is 10.5 Å². The van der Waals surface area contributed by atoms with Crippen LogP contribution in [0.1, 0.15) is 55.7 Å². The average Bonchev–Trinajstić information content (AvgIpc) is 3.68. The Morgan fingerprint density at radius 1 is 1.21 bits per heavy atom. The van der Waals surface area contributed by atoms with Gasteiger partial charge in [-0.05, 0) is 88.7 Å². The van der Waals surface area contributed by atoms with Crippen LogP contribution >= 0.6 is 0 Å². The fourth-order valence-electron chi connectivity index (χ4n) is 8.73. The number of likely N-dealkylation sites (tertiary alicyclic amines) is 1. The highest BCUT2D eigenvalue weighted by Crippen LogP contribution is 2.71. The fraction of sp³-hybridized carbons (Fsp3) is 0.613. The first-order valence-electron chi connectivity index (χ1n) is 14.5. The zero-order valence-corrected chi connectivity index (χ0v) is 23.1. The number of rotatable bonds is 4. The Bertz CT molecular complexity index is 1340. The second-order valence-corrected chi connectivity index (χ2v) is 13.2. The van der Waals surface area contributed by atoms with Crippen molar-refractivity contribution in [1.82, 2.24) is 9.80 Å². The molecule has 6 aliphatic rings. The van der Waals surface area contributed by atoms with E-state index in [1.165, 1.54) is 18.4 Å². The van der Waals surface area contributed by atoms with Gasteiger partial charge < -0.3 is 20.7 Å². The van der Waals surface area contributed by atoms with Crippen molar-refractivity contribution in [3.8, 4) is 0 Å². The van der Waals surface area contributed by atoms with Crippen LogP contribution in [0.4, 0.5) is 0 Å². The first-order chi connectivity index (χ1) is 18.6. The smallest absolute Gasteiger partial charge is 0.248 e. The third-order valence-electron chi connectivity index (χ3n) is 10.7. The first-order valence-corrected chi connectivity index (χ1v) is 14.5. The van der Waals surface area contributed by atoms with E-state index in [-0.39, 0.29) is 34.7 Å². The molecule has 7 rings (SSSR count). The number of carbonyl (C=O) groups excluding carboxylic acids is 2. The lowest BCUT2D eigenvalue weighted by molar-refractivity contribution is -0.289. The number of likely N-dealkylation sites (N-methyl/N-ethyl adjacent to an activating group) is 1. The van der Waals surface area contributed by atoms with E-state index in [0.717, 1.165) is 49.5 Å². The molecule has 208 valence electrons. The van der Waals surface area contributed by atoms with Gasteiger partial charge in [0, 0.05) is 23.6 Å². The van der Waals surface area contributed by atoms with Gasteiger partial charge in [0.1, 0.15) is 17.1 Å². The lowest BCUT2D eigenvalue weighted by Gasteiger charge is -2.65. The highest BCUT2D eigenvalue weighted by molar-refractivity contribution is 6.11. The maximum Gasteiger partial charge on any atom is 0.248 e. The van der Waals surface area contributed by atoms with Crippen LogP contribution in [0.5, 0.6) is 0 Å². The van der Waals surface area contributed by atoms with E-state index in [1.54, 1.807) is 0 Å². The Kier molecular flexibility index (Phi) is 5.46. The number of carbonyl (C=O) groups is 2. The Hall–Kier alpha value is -2.68. The van der Waals surface area contributed by atoms with Gasteiger partial charge in [0.05, 0.1) is 23.1 Å². The largest absolute Gasteiger partial charge is 0.510 e. The number of amides is 1. The van der Waals surface area contributed by atoms with Crippen molar-refractivity contribution in [2.45, 2.75) is 69.2 Å². The molecule has 2 saturated carbocycles. The first kappa shape index (κ1) is 25.3. The maximum absolute atomic E-state index is 14.6. The van der Waals surface area contributed by atoms with Gasteiger partial charge in [0.15, 0.2) is 5.78 Å². The summed E-state index contributed by atoms with van der Waals surface area (Å²) in [5.74, 6) is -1.26. The van der Waals surface area contributed by atoms with Gasteiger partial charge >= 0.3 is 0 Å². The third kappa shape index (κ3) is 3.34. The topological polar surface area (TPSA) is 116 Å². The molecular formula is C31H39N3O5. The van der Waals surface area contributed by atoms with Crippen LogP contribution < -0.4 is 5.73 Å². The monoisotopic (exact) mass is 533 g/mol. The summed E-state index contributed by atoms with van der Waals surface area (Å²) >= 11 is 0. The summed E-state index contributed by atoms with van der Waals surface area (Å²) in [6.07, 6.45) is 5.09. The van der Waals surface area contributed by atoms with Gasteiger partial charge in [-0.3, -0.25) is 19.4 Å². The molecule has 39 heavy (non-hydrogen) atoms. The van der Waals surface area contributed by atoms with Crippen molar-refractivity contribution < 1.29 is 24.5 Å². The molecule has 1 aromatic rings. The number of aliphatic hydroxyl groups excluding tert-OH is 2. The minimum absolute atomic E-state index is 0.0200. The van der Waals surface area contributed by atoms with Crippen molar-refractivity contribution in [3.63, 3.8) is 0 Å². The number of fused-ring (bicyclic) bond motifs is 3. The quantitative estimate of drug-likeness (QED) is 0.545. The molecule has 1 amide bonds. The summed E-state index contributed by atoms with van der Waals surface area (Å²) in [6.45, 7) is 5.30. The molecular weight excluding hydrogens is 494 g/mol. The van der Waals surface area contributed by atoms with Crippen LogP contribution in [-0.2, 0) is 27.3 Å². The van der Waals surface area contributed by atoms with Crippen molar-refractivity contribution in [1.29, 1.82) is 0 Å². The number of primary amides is 1. The number of piperidine rings is 1. The average molecular weight is 534 g/mol. The molecule has 2 heterocycles. The van der Waals surface area contributed by atoms with Gasteiger partial charge in [0.2, 0.25) is 5.91 Å². The number of Topliss-reactive ketones (excluding diaryl/α,β-unsaturated/α-hetero) is 1. The standard InChI is InChI=1S/C31H39N3O5/c1-16-7-11-34(12-8-16)15-17-5-4-6-19-20(17)13-18-14-21-24(33(2)3)26(36)23(29(32)38)27-30(9-10-30)39-31(21,27)28(37)22(18)25(19)35/h4-6,16,18,21,24,27,35-36H,7-15H2,1-3H3,(H2,32,38)/t18?,21-,24+,27?,31+/m0/s1. The molecule has 2 aliphatic heterocycles. The van der Waals surface area contributed by atoms with Crippen molar-refractivity contribution in [3.05, 3.63) is 51.8 Å². The lowest BCUT2D eigenvalue weighted by Crippen LogP contribution is -2.77. The molecule has 0 aromatic heterocycles. The molecule has 4 aliphatic carbocycles. The summed E-state index contributed by atoms with van der Waals surface area (Å²) in [6, 6.07) is 5.47. The number of nitrogens with two attached hydrogens (primary N) is 1. The SMILES string of the molecule is CC1CCN(Cc2cccc3c2CC2C[C@H]4[C@@H](N(C)C)C(O)=C(C(N)=O)C5C6(CC6)O[C@@]54C(=O)C2=C3O)CC1. The van der Waals surface area contributed by atoms with Gasteiger partial charge in [-0.15, -0.1) is 0 Å². The molecule has 0 radical (unpaired) electrons. The van der Waals surface area contributed by atoms with E-state index < -0.39 is 29.1 Å². The molecule has 4 N–H and O–H groups in total. The van der Waals surface area contributed by atoms with Crippen LogP contribution in [0.3, 0.4) is 0 Å². The Morgan fingerprint density at radius 2 is 1.92 bits per heavy atom. The van der Waals surface area contributed by atoms with E-state index in [1.807, 2.05) is 31.1 Å². The van der Waals surface area contributed by atoms with Crippen LogP contribution in [0.2, 0.25) is 0 Å². The second-order valence-electron chi connectivity index (χ2n) is 13.2. The predicted octanol–water partition coefficient (Wildman–Crippen LogP) is 3.11.